The molecule has 7 heteroatoms. The standard InChI is InChI=1S/C24H28N4O3/c1-17-3-5-18(6-4-17)15-25-24(29)20-11-13-28(14-12-20)16-22-26-23(27-31-22)19-7-9-21(30-2)10-8-19/h3-10,20H,11-16H2,1-2H3,(H,25,29). The predicted octanol–water partition coefficient (Wildman–Crippen LogP) is 3.58. The van der Waals surface area contributed by atoms with Crippen molar-refractivity contribution in [2.24, 2.45) is 5.92 Å². The Bertz CT molecular complexity index is 990. The van der Waals surface area contributed by atoms with Crippen LogP contribution in [0.3, 0.4) is 0 Å². The minimum atomic E-state index is 0.0549. The SMILES string of the molecule is COc1ccc(-c2noc(CN3CCC(C(=O)NCc4ccc(C)cc4)CC3)n2)cc1. The summed E-state index contributed by atoms with van der Waals surface area (Å²) < 4.78 is 10.6. The maximum atomic E-state index is 12.5. The van der Waals surface area contributed by atoms with Gasteiger partial charge in [0.1, 0.15) is 5.75 Å². The van der Waals surface area contributed by atoms with E-state index in [0.717, 1.165) is 42.8 Å². The van der Waals surface area contributed by atoms with E-state index >= 15 is 0 Å². The maximum Gasteiger partial charge on any atom is 0.241 e. The lowest BCUT2D eigenvalue weighted by molar-refractivity contribution is -0.126. The van der Waals surface area contributed by atoms with Crippen LogP contribution in [0.15, 0.2) is 53.1 Å². The number of carbonyl (C=O) groups excluding carboxylic acids is 1. The Morgan fingerprint density at radius 2 is 1.84 bits per heavy atom. The summed E-state index contributed by atoms with van der Waals surface area (Å²) in [5.74, 6) is 2.15. The summed E-state index contributed by atoms with van der Waals surface area (Å²) in [6, 6.07) is 15.8. The van der Waals surface area contributed by atoms with Crippen LogP contribution in [0.5, 0.6) is 5.75 Å². The number of piperidine rings is 1. The van der Waals surface area contributed by atoms with E-state index in [9.17, 15) is 4.79 Å². The van der Waals surface area contributed by atoms with E-state index in [1.54, 1.807) is 7.11 Å². The van der Waals surface area contributed by atoms with Gasteiger partial charge in [-0.15, -0.1) is 0 Å². The molecule has 0 unspecified atom stereocenters. The number of carbonyl (C=O) groups is 1. The van der Waals surface area contributed by atoms with Gasteiger partial charge in [-0.1, -0.05) is 35.0 Å². The van der Waals surface area contributed by atoms with Gasteiger partial charge in [0.05, 0.1) is 13.7 Å². The second-order valence-corrected chi connectivity index (χ2v) is 7.99. The number of amides is 1. The molecule has 2 aromatic carbocycles. The minimum absolute atomic E-state index is 0.0549. The number of rotatable bonds is 7. The molecule has 1 N–H and O–H groups in total. The second-order valence-electron chi connectivity index (χ2n) is 7.99. The van der Waals surface area contributed by atoms with E-state index in [2.05, 4.69) is 51.5 Å². The highest BCUT2D eigenvalue weighted by molar-refractivity contribution is 5.78. The van der Waals surface area contributed by atoms with Crippen LogP contribution in [0.25, 0.3) is 11.4 Å². The first kappa shape index (κ1) is 21.1. The number of hydrogen-bond acceptors (Lipinski definition) is 6. The molecule has 0 atom stereocenters. The number of aryl methyl sites for hydroxylation is 1. The molecule has 0 spiro atoms. The molecule has 162 valence electrons. The van der Waals surface area contributed by atoms with Crippen molar-refractivity contribution >= 4 is 5.91 Å². The van der Waals surface area contributed by atoms with Crippen molar-refractivity contribution in [3.63, 3.8) is 0 Å². The molecule has 4 rings (SSSR count). The molecule has 1 aliphatic rings. The summed E-state index contributed by atoms with van der Waals surface area (Å²) in [4.78, 5) is 19.3. The van der Waals surface area contributed by atoms with Crippen molar-refractivity contribution < 1.29 is 14.1 Å². The van der Waals surface area contributed by atoms with Gasteiger partial charge in [0.25, 0.3) is 0 Å². The second kappa shape index (κ2) is 9.75. The predicted molar refractivity (Wildman–Crippen MR) is 117 cm³/mol. The number of nitrogens with one attached hydrogen (secondary N) is 1. The van der Waals surface area contributed by atoms with Crippen molar-refractivity contribution in [2.75, 3.05) is 20.2 Å². The maximum absolute atomic E-state index is 12.5. The zero-order valence-corrected chi connectivity index (χ0v) is 18.0. The molecule has 1 amide bonds. The number of aromatic nitrogens is 2. The Morgan fingerprint density at radius 3 is 2.52 bits per heavy atom. The number of benzene rings is 2. The van der Waals surface area contributed by atoms with Crippen molar-refractivity contribution in [3.05, 3.63) is 65.5 Å². The third-order valence-corrected chi connectivity index (χ3v) is 5.72. The summed E-state index contributed by atoms with van der Waals surface area (Å²) in [7, 11) is 1.64. The fourth-order valence-corrected chi connectivity index (χ4v) is 3.76. The van der Waals surface area contributed by atoms with Gasteiger partial charge in [-0.3, -0.25) is 9.69 Å². The van der Waals surface area contributed by atoms with Crippen LogP contribution < -0.4 is 10.1 Å². The average molecular weight is 421 g/mol. The van der Waals surface area contributed by atoms with E-state index in [1.165, 1.54) is 5.56 Å². The van der Waals surface area contributed by atoms with Crippen LogP contribution in [-0.2, 0) is 17.9 Å². The Morgan fingerprint density at radius 1 is 1.13 bits per heavy atom. The molecule has 0 radical (unpaired) electrons. The molecule has 0 saturated carbocycles. The molecule has 31 heavy (non-hydrogen) atoms. The lowest BCUT2D eigenvalue weighted by Gasteiger charge is -2.30. The summed E-state index contributed by atoms with van der Waals surface area (Å²) in [6.07, 6.45) is 1.67. The first-order valence-electron chi connectivity index (χ1n) is 10.6. The first-order valence-corrected chi connectivity index (χ1v) is 10.6. The van der Waals surface area contributed by atoms with Gasteiger partial charge >= 0.3 is 0 Å². The fraction of sp³-hybridized carbons (Fsp3) is 0.375. The van der Waals surface area contributed by atoms with Gasteiger partial charge in [0, 0.05) is 18.0 Å². The largest absolute Gasteiger partial charge is 0.497 e. The molecule has 1 aliphatic heterocycles. The summed E-state index contributed by atoms with van der Waals surface area (Å²) >= 11 is 0. The third kappa shape index (κ3) is 5.49. The molecule has 1 aromatic heterocycles. The fourth-order valence-electron chi connectivity index (χ4n) is 3.76. The van der Waals surface area contributed by atoms with Gasteiger partial charge in [-0.2, -0.15) is 4.98 Å². The Hall–Kier alpha value is -3.19. The summed E-state index contributed by atoms with van der Waals surface area (Å²) in [5, 5.41) is 7.17. The van der Waals surface area contributed by atoms with Gasteiger partial charge in [0.2, 0.25) is 17.6 Å². The molecule has 0 aliphatic carbocycles. The van der Waals surface area contributed by atoms with E-state index in [0.29, 0.717) is 24.8 Å². The molecule has 0 bridgehead atoms. The number of likely N-dealkylation sites (tertiary alicyclic amines) is 1. The number of ether oxygens (including phenoxy) is 1. The zero-order chi connectivity index (χ0) is 21.6. The van der Waals surface area contributed by atoms with Gasteiger partial charge in [-0.05, 0) is 62.7 Å². The monoisotopic (exact) mass is 420 g/mol. The highest BCUT2D eigenvalue weighted by atomic mass is 16.5. The first-order chi connectivity index (χ1) is 15.1. The van der Waals surface area contributed by atoms with Gasteiger partial charge < -0.3 is 14.6 Å². The normalized spacial score (nSPS) is 15.0. The minimum Gasteiger partial charge on any atom is -0.497 e. The molecule has 2 heterocycles. The van der Waals surface area contributed by atoms with Crippen LogP contribution in [0.1, 0.15) is 29.9 Å². The topological polar surface area (TPSA) is 80.5 Å². The number of methoxy groups -OCH3 is 1. The Labute approximate surface area is 182 Å². The van der Waals surface area contributed by atoms with Crippen molar-refractivity contribution in [3.8, 4) is 17.1 Å². The van der Waals surface area contributed by atoms with Crippen LogP contribution in [0, 0.1) is 12.8 Å². The lowest BCUT2D eigenvalue weighted by Crippen LogP contribution is -2.40. The molecule has 1 saturated heterocycles. The van der Waals surface area contributed by atoms with E-state index in [4.69, 9.17) is 9.26 Å². The number of nitrogens with zero attached hydrogens (tertiary/aromatic N) is 3. The third-order valence-electron chi connectivity index (χ3n) is 5.72. The molecule has 3 aromatic rings. The summed E-state index contributed by atoms with van der Waals surface area (Å²) in [6.45, 7) is 4.91. The molecule has 7 nitrogen and oxygen atoms in total. The van der Waals surface area contributed by atoms with Crippen LogP contribution in [-0.4, -0.2) is 41.1 Å². The Kier molecular flexibility index (Phi) is 6.62. The smallest absolute Gasteiger partial charge is 0.241 e. The van der Waals surface area contributed by atoms with Gasteiger partial charge in [-0.25, -0.2) is 0 Å². The highest BCUT2D eigenvalue weighted by Gasteiger charge is 2.25. The summed E-state index contributed by atoms with van der Waals surface area (Å²) in [5.41, 5.74) is 3.24. The van der Waals surface area contributed by atoms with Crippen LogP contribution >= 0.6 is 0 Å². The molecular formula is C24H28N4O3. The Balaban J connectivity index is 1.24. The lowest BCUT2D eigenvalue weighted by atomic mass is 9.96. The highest BCUT2D eigenvalue weighted by Crippen LogP contribution is 2.22. The van der Waals surface area contributed by atoms with E-state index in [1.807, 2.05) is 24.3 Å². The van der Waals surface area contributed by atoms with Crippen molar-refractivity contribution in [1.82, 2.24) is 20.4 Å². The molecular weight excluding hydrogens is 392 g/mol. The van der Waals surface area contributed by atoms with E-state index < -0.39 is 0 Å². The van der Waals surface area contributed by atoms with E-state index in [-0.39, 0.29) is 11.8 Å². The average Bonchev–Trinajstić information content (AvgIpc) is 3.27. The number of hydrogen-bond donors (Lipinski definition) is 1. The van der Waals surface area contributed by atoms with Crippen LogP contribution in [0.2, 0.25) is 0 Å². The molecule has 1 fully saturated rings. The van der Waals surface area contributed by atoms with Crippen molar-refractivity contribution in [2.45, 2.75) is 32.9 Å². The van der Waals surface area contributed by atoms with Crippen molar-refractivity contribution in [1.29, 1.82) is 0 Å². The van der Waals surface area contributed by atoms with Gasteiger partial charge in [0.15, 0.2) is 0 Å². The quantitative estimate of drug-likeness (QED) is 0.629. The van der Waals surface area contributed by atoms with Crippen LogP contribution in [0.4, 0.5) is 0 Å². The zero-order valence-electron chi connectivity index (χ0n) is 18.0.